The van der Waals surface area contributed by atoms with Gasteiger partial charge >= 0.3 is 0 Å². The van der Waals surface area contributed by atoms with Crippen LogP contribution < -0.4 is 10.1 Å². The fourth-order valence-corrected chi connectivity index (χ4v) is 2.90. The van der Waals surface area contributed by atoms with Gasteiger partial charge in [-0.25, -0.2) is 0 Å². The van der Waals surface area contributed by atoms with Gasteiger partial charge in [0.1, 0.15) is 5.75 Å². The Labute approximate surface area is 125 Å². The Bertz CT molecular complexity index is 615. The number of benzene rings is 2. The summed E-state index contributed by atoms with van der Waals surface area (Å²) < 4.78 is 6.49. The van der Waals surface area contributed by atoms with Crippen molar-refractivity contribution in [2.75, 3.05) is 11.9 Å². The monoisotopic (exact) mass is 337 g/mol. The molecule has 0 radical (unpaired) electrons. The van der Waals surface area contributed by atoms with Crippen LogP contribution in [0.2, 0.25) is 5.02 Å². The minimum absolute atomic E-state index is 0.714. The standard InChI is InChI=1S/C15H13BrClNO/c16-12-2-1-11(14(17)8-12)9-18-13-3-4-15-10(7-13)5-6-19-15/h1-4,7-8,18H,5-6,9H2. The highest BCUT2D eigenvalue weighted by atomic mass is 79.9. The van der Waals surface area contributed by atoms with Gasteiger partial charge in [0.15, 0.2) is 0 Å². The highest BCUT2D eigenvalue weighted by Gasteiger charge is 2.11. The van der Waals surface area contributed by atoms with Crippen LogP contribution in [0.4, 0.5) is 5.69 Å². The largest absolute Gasteiger partial charge is 0.493 e. The smallest absolute Gasteiger partial charge is 0.122 e. The predicted octanol–water partition coefficient (Wildman–Crippen LogP) is 4.65. The molecule has 0 saturated carbocycles. The molecule has 0 bridgehead atoms. The number of halogens is 2. The van der Waals surface area contributed by atoms with Gasteiger partial charge in [-0.05, 0) is 41.5 Å². The Balaban J connectivity index is 1.72. The summed E-state index contributed by atoms with van der Waals surface area (Å²) in [7, 11) is 0. The first-order chi connectivity index (χ1) is 9.22. The SMILES string of the molecule is Clc1cc(Br)ccc1CNc1ccc2c(c1)CCO2. The van der Waals surface area contributed by atoms with Gasteiger partial charge in [-0.3, -0.25) is 0 Å². The minimum Gasteiger partial charge on any atom is -0.493 e. The molecule has 2 nitrogen and oxygen atoms in total. The molecule has 0 fully saturated rings. The van der Waals surface area contributed by atoms with Crippen LogP contribution in [-0.4, -0.2) is 6.61 Å². The van der Waals surface area contributed by atoms with Gasteiger partial charge < -0.3 is 10.1 Å². The number of fused-ring (bicyclic) bond motifs is 1. The van der Waals surface area contributed by atoms with E-state index in [-0.39, 0.29) is 0 Å². The fourth-order valence-electron chi connectivity index (χ4n) is 2.16. The summed E-state index contributed by atoms with van der Waals surface area (Å²) in [5.41, 5.74) is 3.46. The lowest BCUT2D eigenvalue weighted by molar-refractivity contribution is 0.357. The van der Waals surface area contributed by atoms with Crippen molar-refractivity contribution in [3.63, 3.8) is 0 Å². The lowest BCUT2D eigenvalue weighted by atomic mass is 10.1. The molecule has 1 heterocycles. The predicted molar refractivity (Wildman–Crippen MR) is 82.1 cm³/mol. The van der Waals surface area contributed by atoms with E-state index in [9.17, 15) is 0 Å². The number of rotatable bonds is 3. The minimum atomic E-state index is 0.714. The molecular formula is C15H13BrClNO. The molecule has 0 saturated heterocycles. The summed E-state index contributed by atoms with van der Waals surface area (Å²) in [6, 6.07) is 12.1. The Morgan fingerprint density at radius 2 is 2.11 bits per heavy atom. The maximum atomic E-state index is 6.20. The molecule has 98 valence electrons. The molecule has 0 aromatic heterocycles. The molecule has 3 rings (SSSR count). The van der Waals surface area contributed by atoms with E-state index in [4.69, 9.17) is 16.3 Å². The normalized spacial score (nSPS) is 12.9. The van der Waals surface area contributed by atoms with Crippen molar-refractivity contribution >= 4 is 33.2 Å². The molecule has 0 amide bonds. The Hall–Kier alpha value is -1.19. The van der Waals surface area contributed by atoms with Crippen LogP contribution in [0.25, 0.3) is 0 Å². The van der Waals surface area contributed by atoms with Crippen LogP contribution in [0.5, 0.6) is 5.75 Å². The molecule has 2 aromatic carbocycles. The van der Waals surface area contributed by atoms with Gasteiger partial charge in [0.25, 0.3) is 0 Å². The Morgan fingerprint density at radius 3 is 2.95 bits per heavy atom. The highest BCUT2D eigenvalue weighted by molar-refractivity contribution is 9.10. The lowest BCUT2D eigenvalue weighted by Gasteiger charge is -2.09. The van der Waals surface area contributed by atoms with E-state index >= 15 is 0 Å². The van der Waals surface area contributed by atoms with Gasteiger partial charge in [0.05, 0.1) is 6.61 Å². The van der Waals surface area contributed by atoms with Gasteiger partial charge in [-0.2, -0.15) is 0 Å². The molecule has 2 aromatic rings. The quantitative estimate of drug-likeness (QED) is 0.879. The van der Waals surface area contributed by atoms with Gasteiger partial charge in [-0.1, -0.05) is 33.6 Å². The van der Waals surface area contributed by atoms with Gasteiger partial charge in [0, 0.05) is 28.1 Å². The average Bonchev–Trinajstić information content (AvgIpc) is 2.85. The molecule has 0 unspecified atom stereocenters. The zero-order chi connectivity index (χ0) is 13.2. The van der Waals surface area contributed by atoms with Gasteiger partial charge in [0.2, 0.25) is 0 Å². The van der Waals surface area contributed by atoms with Crippen LogP contribution in [-0.2, 0) is 13.0 Å². The van der Waals surface area contributed by atoms with Crippen molar-refractivity contribution in [2.45, 2.75) is 13.0 Å². The molecule has 1 aliphatic rings. The molecule has 0 aliphatic carbocycles. The van der Waals surface area contributed by atoms with Crippen molar-refractivity contribution in [1.29, 1.82) is 0 Å². The van der Waals surface area contributed by atoms with Crippen molar-refractivity contribution < 1.29 is 4.74 Å². The second-order valence-electron chi connectivity index (χ2n) is 4.51. The van der Waals surface area contributed by atoms with E-state index in [1.165, 1.54) is 5.56 Å². The van der Waals surface area contributed by atoms with Crippen molar-refractivity contribution in [1.82, 2.24) is 0 Å². The third-order valence-corrected chi connectivity index (χ3v) is 4.03. The summed E-state index contributed by atoms with van der Waals surface area (Å²) >= 11 is 9.61. The highest BCUT2D eigenvalue weighted by Crippen LogP contribution is 2.28. The summed E-state index contributed by atoms with van der Waals surface area (Å²) in [5.74, 6) is 1.01. The molecule has 4 heteroatoms. The molecular weight excluding hydrogens is 326 g/mol. The molecule has 0 spiro atoms. The Kier molecular flexibility index (Phi) is 3.67. The van der Waals surface area contributed by atoms with Crippen LogP contribution in [0.15, 0.2) is 40.9 Å². The summed E-state index contributed by atoms with van der Waals surface area (Å²) in [6.45, 7) is 1.50. The second kappa shape index (κ2) is 5.43. The van der Waals surface area contributed by atoms with Crippen molar-refractivity contribution in [3.8, 4) is 5.75 Å². The van der Waals surface area contributed by atoms with E-state index in [2.05, 4.69) is 27.3 Å². The third-order valence-electron chi connectivity index (χ3n) is 3.19. The number of nitrogens with one attached hydrogen (secondary N) is 1. The summed E-state index contributed by atoms with van der Waals surface area (Å²) in [6.07, 6.45) is 0.990. The summed E-state index contributed by atoms with van der Waals surface area (Å²) in [4.78, 5) is 0. The first-order valence-corrected chi connectivity index (χ1v) is 7.33. The van der Waals surface area contributed by atoms with E-state index < -0.39 is 0 Å². The van der Waals surface area contributed by atoms with Crippen LogP contribution >= 0.6 is 27.5 Å². The number of hydrogen-bond acceptors (Lipinski definition) is 2. The number of ether oxygens (including phenoxy) is 1. The Morgan fingerprint density at radius 1 is 1.21 bits per heavy atom. The van der Waals surface area contributed by atoms with Crippen molar-refractivity contribution in [3.05, 3.63) is 57.0 Å². The first-order valence-electron chi connectivity index (χ1n) is 6.16. The maximum absolute atomic E-state index is 6.20. The van der Waals surface area contributed by atoms with Crippen LogP contribution in [0.1, 0.15) is 11.1 Å². The van der Waals surface area contributed by atoms with Crippen LogP contribution in [0.3, 0.4) is 0 Å². The lowest BCUT2D eigenvalue weighted by Crippen LogP contribution is -2.00. The third kappa shape index (κ3) is 2.88. The topological polar surface area (TPSA) is 21.3 Å². The summed E-state index contributed by atoms with van der Waals surface area (Å²) in [5, 5.41) is 4.17. The number of anilines is 1. The molecule has 19 heavy (non-hydrogen) atoms. The van der Waals surface area contributed by atoms with E-state index in [0.717, 1.165) is 39.5 Å². The first kappa shape index (κ1) is 12.8. The number of hydrogen-bond donors (Lipinski definition) is 1. The maximum Gasteiger partial charge on any atom is 0.122 e. The molecule has 1 N–H and O–H groups in total. The van der Waals surface area contributed by atoms with Crippen molar-refractivity contribution in [2.24, 2.45) is 0 Å². The van der Waals surface area contributed by atoms with E-state index in [0.29, 0.717) is 6.54 Å². The van der Waals surface area contributed by atoms with Gasteiger partial charge in [-0.15, -0.1) is 0 Å². The van der Waals surface area contributed by atoms with E-state index in [1.54, 1.807) is 0 Å². The average molecular weight is 339 g/mol. The van der Waals surface area contributed by atoms with E-state index in [1.807, 2.05) is 30.3 Å². The fraction of sp³-hybridized carbons (Fsp3) is 0.200. The molecule has 1 aliphatic heterocycles. The second-order valence-corrected chi connectivity index (χ2v) is 5.83. The zero-order valence-electron chi connectivity index (χ0n) is 10.2. The zero-order valence-corrected chi connectivity index (χ0v) is 12.6. The molecule has 0 atom stereocenters. The van der Waals surface area contributed by atoms with Crippen LogP contribution in [0, 0.1) is 0 Å².